The maximum atomic E-state index is 11.3. The Balaban J connectivity index is 2.95. The first kappa shape index (κ1) is 10.8. The summed E-state index contributed by atoms with van der Waals surface area (Å²) in [7, 11) is 1.40. The van der Waals surface area contributed by atoms with E-state index in [9.17, 15) is 4.79 Å². The molecule has 0 radical (unpaired) electrons. The van der Waals surface area contributed by atoms with Crippen LogP contribution in [0.1, 0.15) is 34.8 Å². The van der Waals surface area contributed by atoms with E-state index in [2.05, 4.69) is 17.7 Å². The predicted octanol–water partition coefficient (Wildman–Crippen LogP) is 2.73. The molecule has 1 aromatic rings. The molecule has 1 aromatic carbocycles. The van der Waals surface area contributed by atoms with Crippen molar-refractivity contribution < 1.29 is 9.53 Å². The van der Waals surface area contributed by atoms with Gasteiger partial charge in [-0.2, -0.15) is 0 Å². The molecule has 0 heterocycles. The SMILES string of the molecule is CCCc1ccc(C(=O)OC)c(C)c1. The Bertz CT molecular complexity index is 329. The zero-order valence-corrected chi connectivity index (χ0v) is 8.96. The molecule has 0 N–H and O–H groups in total. The molecule has 0 unspecified atom stereocenters. The van der Waals surface area contributed by atoms with Gasteiger partial charge in [-0.1, -0.05) is 25.5 Å². The van der Waals surface area contributed by atoms with Gasteiger partial charge in [-0.25, -0.2) is 4.79 Å². The molecule has 2 heteroatoms. The molecule has 0 aliphatic heterocycles. The van der Waals surface area contributed by atoms with E-state index in [0.29, 0.717) is 5.56 Å². The van der Waals surface area contributed by atoms with Crippen LogP contribution in [0.3, 0.4) is 0 Å². The Morgan fingerprint density at radius 2 is 2.14 bits per heavy atom. The number of carbonyl (C=O) groups excluding carboxylic acids is 1. The monoisotopic (exact) mass is 192 g/mol. The zero-order chi connectivity index (χ0) is 10.6. The van der Waals surface area contributed by atoms with Crippen LogP contribution in [-0.2, 0) is 11.2 Å². The molecule has 76 valence electrons. The highest BCUT2D eigenvalue weighted by atomic mass is 16.5. The summed E-state index contributed by atoms with van der Waals surface area (Å²) in [4.78, 5) is 11.3. The third-order valence-electron chi connectivity index (χ3n) is 2.23. The average molecular weight is 192 g/mol. The Morgan fingerprint density at radius 3 is 2.64 bits per heavy atom. The van der Waals surface area contributed by atoms with Crippen molar-refractivity contribution >= 4 is 5.97 Å². The quantitative estimate of drug-likeness (QED) is 0.688. The average Bonchev–Trinajstić information content (AvgIpc) is 2.17. The Hall–Kier alpha value is -1.31. The summed E-state index contributed by atoms with van der Waals surface area (Å²) in [6.45, 7) is 4.08. The summed E-state index contributed by atoms with van der Waals surface area (Å²) >= 11 is 0. The van der Waals surface area contributed by atoms with Gasteiger partial charge < -0.3 is 4.74 Å². The van der Waals surface area contributed by atoms with Gasteiger partial charge in [0.05, 0.1) is 12.7 Å². The molecule has 1 rings (SSSR count). The first-order valence-electron chi connectivity index (χ1n) is 4.87. The van der Waals surface area contributed by atoms with Crippen LogP contribution in [0.5, 0.6) is 0 Å². The van der Waals surface area contributed by atoms with Crippen LogP contribution in [0.2, 0.25) is 0 Å². The molecule has 0 aromatic heterocycles. The first-order chi connectivity index (χ1) is 6.69. The van der Waals surface area contributed by atoms with E-state index in [1.54, 1.807) is 0 Å². The first-order valence-corrected chi connectivity index (χ1v) is 4.87. The van der Waals surface area contributed by atoms with Crippen molar-refractivity contribution in [2.45, 2.75) is 26.7 Å². The van der Waals surface area contributed by atoms with E-state index in [-0.39, 0.29) is 5.97 Å². The second kappa shape index (κ2) is 4.80. The molecule has 0 saturated heterocycles. The van der Waals surface area contributed by atoms with Gasteiger partial charge in [-0.05, 0) is 30.5 Å². The van der Waals surface area contributed by atoms with Gasteiger partial charge >= 0.3 is 5.97 Å². The zero-order valence-electron chi connectivity index (χ0n) is 8.96. The Morgan fingerprint density at radius 1 is 1.43 bits per heavy atom. The molecule has 0 saturated carbocycles. The molecule has 0 aliphatic carbocycles. The molecule has 0 spiro atoms. The largest absolute Gasteiger partial charge is 0.465 e. The normalized spacial score (nSPS) is 9.93. The van der Waals surface area contributed by atoms with Gasteiger partial charge in [-0.3, -0.25) is 0 Å². The highest BCUT2D eigenvalue weighted by Gasteiger charge is 2.08. The molecule has 0 bridgehead atoms. The van der Waals surface area contributed by atoms with E-state index < -0.39 is 0 Å². The van der Waals surface area contributed by atoms with Crippen molar-refractivity contribution in [2.75, 3.05) is 7.11 Å². The van der Waals surface area contributed by atoms with Crippen LogP contribution < -0.4 is 0 Å². The lowest BCUT2D eigenvalue weighted by Crippen LogP contribution is -2.04. The van der Waals surface area contributed by atoms with Crippen LogP contribution in [-0.4, -0.2) is 13.1 Å². The van der Waals surface area contributed by atoms with E-state index in [4.69, 9.17) is 0 Å². The van der Waals surface area contributed by atoms with Crippen molar-refractivity contribution in [1.82, 2.24) is 0 Å². The molecule has 14 heavy (non-hydrogen) atoms. The minimum absolute atomic E-state index is 0.259. The summed E-state index contributed by atoms with van der Waals surface area (Å²) in [5.74, 6) is -0.259. The number of benzene rings is 1. The molecule has 0 amide bonds. The standard InChI is InChI=1S/C12H16O2/c1-4-5-10-6-7-11(9(2)8-10)12(13)14-3/h6-8H,4-5H2,1-3H3. The maximum absolute atomic E-state index is 11.3. The number of carbonyl (C=O) groups is 1. The van der Waals surface area contributed by atoms with Crippen LogP contribution in [0.4, 0.5) is 0 Å². The van der Waals surface area contributed by atoms with Gasteiger partial charge in [0, 0.05) is 0 Å². The third kappa shape index (κ3) is 2.34. The Kier molecular flexibility index (Phi) is 3.69. The molecule has 2 nitrogen and oxygen atoms in total. The number of ether oxygens (including phenoxy) is 1. The second-order valence-electron chi connectivity index (χ2n) is 3.39. The topological polar surface area (TPSA) is 26.3 Å². The predicted molar refractivity (Wildman–Crippen MR) is 56.5 cm³/mol. The van der Waals surface area contributed by atoms with Gasteiger partial charge in [0.1, 0.15) is 0 Å². The summed E-state index contributed by atoms with van der Waals surface area (Å²) in [6, 6.07) is 5.88. The van der Waals surface area contributed by atoms with Gasteiger partial charge in [0.15, 0.2) is 0 Å². The summed E-state index contributed by atoms with van der Waals surface area (Å²) in [5, 5.41) is 0. The molecular formula is C12H16O2. The van der Waals surface area contributed by atoms with E-state index >= 15 is 0 Å². The van der Waals surface area contributed by atoms with Crippen molar-refractivity contribution in [3.05, 3.63) is 34.9 Å². The Labute approximate surface area is 84.9 Å². The number of hydrogen-bond acceptors (Lipinski definition) is 2. The number of esters is 1. The summed E-state index contributed by atoms with van der Waals surface area (Å²) in [6.07, 6.45) is 2.18. The second-order valence-corrected chi connectivity index (χ2v) is 3.39. The summed E-state index contributed by atoms with van der Waals surface area (Å²) < 4.78 is 4.68. The fraction of sp³-hybridized carbons (Fsp3) is 0.417. The fourth-order valence-electron chi connectivity index (χ4n) is 1.51. The van der Waals surface area contributed by atoms with Crippen LogP contribution in [0, 0.1) is 6.92 Å². The van der Waals surface area contributed by atoms with Gasteiger partial charge in [0.25, 0.3) is 0 Å². The minimum atomic E-state index is -0.259. The van der Waals surface area contributed by atoms with E-state index in [1.807, 2.05) is 19.1 Å². The van der Waals surface area contributed by atoms with Crippen molar-refractivity contribution in [3.8, 4) is 0 Å². The van der Waals surface area contributed by atoms with Crippen LogP contribution in [0.25, 0.3) is 0 Å². The molecule has 0 atom stereocenters. The van der Waals surface area contributed by atoms with Crippen LogP contribution >= 0.6 is 0 Å². The molecule has 0 fully saturated rings. The minimum Gasteiger partial charge on any atom is -0.465 e. The fourth-order valence-corrected chi connectivity index (χ4v) is 1.51. The highest BCUT2D eigenvalue weighted by molar-refractivity contribution is 5.90. The lowest BCUT2D eigenvalue weighted by Gasteiger charge is -2.05. The van der Waals surface area contributed by atoms with Crippen molar-refractivity contribution in [3.63, 3.8) is 0 Å². The van der Waals surface area contributed by atoms with E-state index in [0.717, 1.165) is 18.4 Å². The summed E-state index contributed by atoms with van der Waals surface area (Å²) in [5.41, 5.74) is 2.92. The molecular weight excluding hydrogens is 176 g/mol. The highest BCUT2D eigenvalue weighted by Crippen LogP contribution is 2.13. The molecule has 0 aliphatic rings. The van der Waals surface area contributed by atoms with Crippen molar-refractivity contribution in [2.24, 2.45) is 0 Å². The number of hydrogen-bond donors (Lipinski definition) is 0. The maximum Gasteiger partial charge on any atom is 0.338 e. The van der Waals surface area contributed by atoms with Crippen LogP contribution in [0.15, 0.2) is 18.2 Å². The lowest BCUT2D eigenvalue weighted by atomic mass is 10.0. The number of aryl methyl sites for hydroxylation is 2. The number of methoxy groups -OCH3 is 1. The van der Waals surface area contributed by atoms with E-state index in [1.165, 1.54) is 12.7 Å². The van der Waals surface area contributed by atoms with Crippen molar-refractivity contribution in [1.29, 1.82) is 0 Å². The number of rotatable bonds is 3. The third-order valence-corrected chi connectivity index (χ3v) is 2.23. The van der Waals surface area contributed by atoms with Gasteiger partial charge in [0.2, 0.25) is 0 Å². The van der Waals surface area contributed by atoms with Gasteiger partial charge in [-0.15, -0.1) is 0 Å². The smallest absolute Gasteiger partial charge is 0.338 e. The lowest BCUT2D eigenvalue weighted by molar-refractivity contribution is 0.0600.